The van der Waals surface area contributed by atoms with Gasteiger partial charge in [-0.15, -0.1) is 0 Å². The van der Waals surface area contributed by atoms with Crippen molar-refractivity contribution in [1.82, 2.24) is 14.8 Å². The van der Waals surface area contributed by atoms with Crippen molar-refractivity contribution in [2.45, 2.75) is 37.2 Å². The number of pyridine rings is 1. The molecule has 1 aromatic heterocycles. The van der Waals surface area contributed by atoms with Crippen molar-refractivity contribution in [3.63, 3.8) is 0 Å². The molecule has 0 unspecified atom stereocenters. The molecule has 2 aliphatic heterocycles. The molecule has 2 amide bonds. The van der Waals surface area contributed by atoms with Crippen LogP contribution in [0, 0.1) is 0 Å². The van der Waals surface area contributed by atoms with E-state index in [1.54, 1.807) is 76.7 Å². The second-order valence-corrected chi connectivity index (χ2v) is 11.8. The zero-order chi connectivity index (χ0) is 26.9. The summed E-state index contributed by atoms with van der Waals surface area (Å²) in [4.78, 5) is 33.2. The number of nitrogens with zero attached hydrogens (tertiary/aromatic N) is 3. The third-order valence-corrected chi connectivity index (χ3v) is 8.23. The van der Waals surface area contributed by atoms with E-state index >= 15 is 0 Å². The van der Waals surface area contributed by atoms with Gasteiger partial charge in [0.1, 0.15) is 17.0 Å². The monoisotopic (exact) mass is 534 g/mol. The molecular formula is C28H30N4O5S. The molecule has 198 valence electrons. The van der Waals surface area contributed by atoms with Crippen LogP contribution in [0.1, 0.15) is 46.7 Å². The number of piperazine rings is 1. The highest BCUT2D eigenvalue weighted by molar-refractivity contribution is 7.92. The molecule has 3 heterocycles. The average Bonchev–Trinajstić information content (AvgIpc) is 2.92. The molecule has 0 bridgehead atoms. The zero-order valence-electron chi connectivity index (χ0n) is 21.4. The van der Waals surface area contributed by atoms with Crippen LogP contribution >= 0.6 is 0 Å². The molecule has 38 heavy (non-hydrogen) atoms. The van der Waals surface area contributed by atoms with Gasteiger partial charge in [-0.2, -0.15) is 0 Å². The van der Waals surface area contributed by atoms with Crippen molar-refractivity contribution in [2.75, 3.05) is 30.9 Å². The Morgan fingerprint density at radius 1 is 0.921 bits per heavy atom. The molecule has 1 N–H and O–H groups in total. The van der Waals surface area contributed by atoms with Crippen LogP contribution < -0.4 is 9.46 Å². The van der Waals surface area contributed by atoms with Crippen LogP contribution in [0.3, 0.4) is 0 Å². The van der Waals surface area contributed by atoms with Crippen LogP contribution in [0.25, 0.3) is 0 Å². The Labute approximate surface area is 222 Å². The van der Waals surface area contributed by atoms with Gasteiger partial charge >= 0.3 is 0 Å². The summed E-state index contributed by atoms with van der Waals surface area (Å²) in [5.74, 6) is 0.272. The summed E-state index contributed by atoms with van der Waals surface area (Å²) >= 11 is 0. The summed E-state index contributed by atoms with van der Waals surface area (Å²) in [5, 5.41) is 0. The molecule has 1 saturated heterocycles. The van der Waals surface area contributed by atoms with Gasteiger partial charge in [0, 0.05) is 49.7 Å². The van der Waals surface area contributed by atoms with Gasteiger partial charge in [-0.3, -0.25) is 19.3 Å². The first kappa shape index (κ1) is 25.7. The highest BCUT2D eigenvalue weighted by Crippen LogP contribution is 2.35. The smallest absolute Gasteiger partial charge is 0.272 e. The van der Waals surface area contributed by atoms with E-state index in [0.717, 1.165) is 18.4 Å². The molecule has 2 aromatic carbocycles. The fourth-order valence-electron chi connectivity index (χ4n) is 4.63. The molecule has 1 fully saturated rings. The Kier molecular flexibility index (Phi) is 6.83. The summed E-state index contributed by atoms with van der Waals surface area (Å²) in [6.07, 6.45) is 3.29. The highest BCUT2D eigenvalue weighted by atomic mass is 32.2. The lowest BCUT2D eigenvalue weighted by molar-refractivity contribution is 0.0532. The summed E-state index contributed by atoms with van der Waals surface area (Å²) < 4.78 is 34.6. The fourth-order valence-corrected chi connectivity index (χ4v) is 5.70. The number of rotatable bonds is 5. The number of hydrogen-bond acceptors (Lipinski definition) is 6. The number of benzene rings is 2. The number of sulfonamides is 1. The lowest BCUT2D eigenvalue weighted by atomic mass is 9.94. The molecule has 0 saturated carbocycles. The molecule has 0 spiro atoms. The largest absolute Gasteiger partial charge is 0.488 e. The van der Waals surface area contributed by atoms with Gasteiger partial charge in [0.05, 0.1) is 4.90 Å². The summed E-state index contributed by atoms with van der Waals surface area (Å²) in [7, 11) is -3.84. The number of amides is 2. The number of carbonyl (C=O) groups is 2. The second kappa shape index (κ2) is 10.1. The number of carbonyl (C=O) groups excluding carboxylic acids is 2. The molecule has 0 aliphatic carbocycles. The third kappa shape index (κ3) is 5.50. The number of aryl methyl sites for hydroxylation is 1. The first-order chi connectivity index (χ1) is 18.1. The molecule has 9 nitrogen and oxygen atoms in total. The predicted octanol–water partition coefficient (Wildman–Crippen LogP) is 3.58. The van der Waals surface area contributed by atoms with Crippen molar-refractivity contribution in [3.05, 3.63) is 83.7 Å². The van der Waals surface area contributed by atoms with Gasteiger partial charge in [-0.25, -0.2) is 8.42 Å². The standard InChI is InChI=1S/C28H30N4O5S/c1-28(2)13-12-20-8-11-23(19-25(20)37-28)38(35,36)30-22-9-6-21(7-10-22)26(33)31-15-17-32(18-16-31)27(34)24-5-3-4-14-29-24/h3-11,14,19,30H,12-13,15-18H2,1-2H3. The molecular weight excluding hydrogens is 504 g/mol. The highest BCUT2D eigenvalue weighted by Gasteiger charge is 2.29. The maximum absolute atomic E-state index is 13.0. The van der Waals surface area contributed by atoms with Crippen LogP contribution in [-0.2, 0) is 16.4 Å². The minimum absolute atomic E-state index is 0.118. The Bertz CT molecular complexity index is 1450. The van der Waals surface area contributed by atoms with E-state index in [1.807, 2.05) is 13.8 Å². The number of aromatic nitrogens is 1. The van der Waals surface area contributed by atoms with Gasteiger partial charge in [0.25, 0.3) is 21.8 Å². The molecule has 2 aliphatic rings. The van der Waals surface area contributed by atoms with Crippen molar-refractivity contribution < 1.29 is 22.7 Å². The number of fused-ring (bicyclic) bond motifs is 1. The van der Waals surface area contributed by atoms with Gasteiger partial charge in [-0.05, 0) is 74.7 Å². The Balaban J connectivity index is 1.21. The molecule has 0 radical (unpaired) electrons. The van der Waals surface area contributed by atoms with Crippen LogP contribution in [0.4, 0.5) is 5.69 Å². The van der Waals surface area contributed by atoms with E-state index in [-0.39, 0.29) is 22.3 Å². The average molecular weight is 535 g/mol. The Hall–Kier alpha value is -3.92. The van der Waals surface area contributed by atoms with E-state index < -0.39 is 10.0 Å². The minimum atomic E-state index is -3.84. The topological polar surface area (TPSA) is 109 Å². The molecule has 3 aromatic rings. The normalized spacial score (nSPS) is 16.8. The van der Waals surface area contributed by atoms with E-state index in [1.165, 1.54) is 0 Å². The minimum Gasteiger partial charge on any atom is -0.488 e. The van der Waals surface area contributed by atoms with Gasteiger partial charge in [0.15, 0.2) is 0 Å². The predicted molar refractivity (Wildman–Crippen MR) is 143 cm³/mol. The lowest BCUT2D eigenvalue weighted by Gasteiger charge is -2.34. The number of hydrogen-bond donors (Lipinski definition) is 1. The van der Waals surface area contributed by atoms with E-state index in [4.69, 9.17) is 4.74 Å². The summed E-state index contributed by atoms with van der Waals surface area (Å²) in [6.45, 7) is 5.62. The van der Waals surface area contributed by atoms with Crippen LogP contribution in [0.2, 0.25) is 0 Å². The summed E-state index contributed by atoms with van der Waals surface area (Å²) in [5.41, 5.74) is 1.84. The first-order valence-corrected chi connectivity index (χ1v) is 14.0. The van der Waals surface area contributed by atoms with E-state index in [0.29, 0.717) is 48.9 Å². The number of anilines is 1. The van der Waals surface area contributed by atoms with Crippen molar-refractivity contribution >= 4 is 27.5 Å². The summed E-state index contributed by atoms with van der Waals surface area (Å²) in [6, 6.07) is 16.5. The Morgan fingerprint density at radius 2 is 1.61 bits per heavy atom. The van der Waals surface area contributed by atoms with Crippen molar-refractivity contribution in [1.29, 1.82) is 0 Å². The molecule has 0 atom stereocenters. The number of nitrogens with one attached hydrogen (secondary N) is 1. The maximum Gasteiger partial charge on any atom is 0.272 e. The maximum atomic E-state index is 13.0. The van der Waals surface area contributed by atoms with Crippen LogP contribution in [-0.4, -0.2) is 66.8 Å². The quantitative estimate of drug-likeness (QED) is 0.536. The molecule has 5 rings (SSSR count). The zero-order valence-corrected chi connectivity index (χ0v) is 22.2. The second-order valence-electron chi connectivity index (χ2n) is 10.1. The molecule has 10 heteroatoms. The van der Waals surface area contributed by atoms with E-state index in [2.05, 4.69) is 9.71 Å². The fraction of sp³-hybridized carbons (Fsp3) is 0.321. The van der Waals surface area contributed by atoms with Gasteiger partial charge in [-0.1, -0.05) is 12.1 Å². The van der Waals surface area contributed by atoms with Gasteiger partial charge < -0.3 is 14.5 Å². The Morgan fingerprint density at radius 3 is 2.26 bits per heavy atom. The van der Waals surface area contributed by atoms with Crippen LogP contribution in [0.15, 0.2) is 71.8 Å². The van der Waals surface area contributed by atoms with Crippen LogP contribution in [0.5, 0.6) is 5.75 Å². The van der Waals surface area contributed by atoms with Crippen molar-refractivity contribution in [3.8, 4) is 5.75 Å². The van der Waals surface area contributed by atoms with Gasteiger partial charge in [0.2, 0.25) is 0 Å². The third-order valence-electron chi connectivity index (χ3n) is 6.85. The number of ether oxygens (including phenoxy) is 1. The van der Waals surface area contributed by atoms with E-state index in [9.17, 15) is 18.0 Å². The lowest BCUT2D eigenvalue weighted by Crippen LogP contribution is -2.50. The SMILES string of the molecule is CC1(C)CCc2ccc(S(=O)(=O)Nc3ccc(C(=O)N4CCN(C(=O)c5ccccn5)CC4)cc3)cc2O1. The first-order valence-electron chi connectivity index (χ1n) is 12.6. The van der Waals surface area contributed by atoms with Crippen molar-refractivity contribution in [2.24, 2.45) is 0 Å².